The van der Waals surface area contributed by atoms with E-state index < -0.39 is 6.10 Å². The summed E-state index contributed by atoms with van der Waals surface area (Å²) in [5.74, 6) is 0. The third-order valence-corrected chi connectivity index (χ3v) is 4.08. The molecule has 2 aromatic rings. The van der Waals surface area contributed by atoms with Crippen molar-refractivity contribution in [2.75, 3.05) is 13.6 Å². The molecule has 0 aliphatic rings. The van der Waals surface area contributed by atoms with E-state index in [2.05, 4.69) is 5.32 Å². The summed E-state index contributed by atoms with van der Waals surface area (Å²) in [7, 11) is 1.73. The van der Waals surface area contributed by atoms with Crippen LogP contribution >= 0.6 is 11.6 Å². The minimum atomic E-state index is -0.411. The highest BCUT2D eigenvalue weighted by atomic mass is 35.5. The van der Waals surface area contributed by atoms with E-state index in [1.807, 2.05) is 48.5 Å². The monoisotopic (exact) mass is 346 g/mol. The number of hydrogen-bond acceptors (Lipinski definition) is 2. The molecule has 1 atom stereocenters. The van der Waals surface area contributed by atoms with Crippen LogP contribution in [0, 0.1) is 0 Å². The maximum absolute atomic E-state index is 12.1. The number of aliphatic hydroxyl groups is 1. The molecule has 0 bridgehead atoms. The minimum absolute atomic E-state index is 0.151. The summed E-state index contributed by atoms with van der Waals surface area (Å²) < 4.78 is 0. The SMILES string of the molecule is CC(O)CCN(C)C(=O)NCc1ccccc1-c1ccc(Cl)cc1. The molecule has 0 aliphatic carbocycles. The molecule has 0 heterocycles. The summed E-state index contributed by atoms with van der Waals surface area (Å²) in [6, 6.07) is 15.5. The van der Waals surface area contributed by atoms with Gasteiger partial charge in [-0.05, 0) is 42.2 Å². The number of nitrogens with one attached hydrogen (secondary N) is 1. The van der Waals surface area contributed by atoms with Crippen LogP contribution in [-0.4, -0.2) is 35.7 Å². The van der Waals surface area contributed by atoms with Crippen LogP contribution in [0.5, 0.6) is 0 Å². The predicted octanol–water partition coefficient (Wildman–Crippen LogP) is 3.92. The van der Waals surface area contributed by atoms with E-state index in [9.17, 15) is 9.90 Å². The van der Waals surface area contributed by atoms with E-state index in [1.165, 1.54) is 0 Å². The molecule has 0 radical (unpaired) electrons. The van der Waals surface area contributed by atoms with E-state index in [-0.39, 0.29) is 6.03 Å². The molecule has 2 amide bonds. The van der Waals surface area contributed by atoms with Crippen molar-refractivity contribution in [2.45, 2.75) is 26.0 Å². The Bertz CT molecular complexity index is 671. The number of urea groups is 1. The summed E-state index contributed by atoms with van der Waals surface area (Å²) in [5.41, 5.74) is 3.17. The number of rotatable bonds is 6. The second kappa shape index (κ2) is 8.71. The average molecular weight is 347 g/mol. The Morgan fingerprint density at radius 3 is 2.54 bits per heavy atom. The summed E-state index contributed by atoms with van der Waals surface area (Å²) in [5, 5.41) is 12.9. The fourth-order valence-corrected chi connectivity index (χ4v) is 2.50. The van der Waals surface area contributed by atoms with Crippen LogP contribution < -0.4 is 5.32 Å². The van der Waals surface area contributed by atoms with Crippen LogP contribution in [0.3, 0.4) is 0 Å². The zero-order valence-electron chi connectivity index (χ0n) is 14.0. The lowest BCUT2D eigenvalue weighted by Gasteiger charge is -2.19. The smallest absolute Gasteiger partial charge is 0.317 e. The topological polar surface area (TPSA) is 52.6 Å². The molecule has 1 unspecified atom stereocenters. The van der Waals surface area contributed by atoms with Crippen molar-refractivity contribution in [3.63, 3.8) is 0 Å². The molecule has 0 fully saturated rings. The van der Waals surface area contributed by atoms with Crippen LogP contribution in [0.25, 0.3) is 11.1 Å². The lowest BCUT2D eigenvalue weighted by atomic mass is 10.00. The van der Waals surface area contributed by atoms with Gasteiger partial charge in [0, 0.05) is 25.2 Å². The molecule has 0 spiro atoms. The van der Waals surface area contributed by atoms with Gasteiger partial charge in [0.25, 0.3) is 0 Å². The molecule has 0 saturated heterocycles. The molecular formula is C19H23ClN2O2. The van der Waals surface area contributed by atoms with Crippen molar-refractivity contribution < 1.29 is 9.90 Å². The van der Waals surface area contributed by atoms with Gasteiger partial charge in [-0.3, -0.25) is 0 Å². The van der Waals surface area contributed by atoms with Gasteiger partial charge in [-0.15, -0.1) is 0 Å². The normalized spacial score (nSPS) is 11.8. The van der Waals surface area contributed by atoms with Crippen molar-refractivity contribution in [1.82, 2.24) is 10.2 Å². The molecule has 128 valence electrons. The average Bonchev–Trinajstić information content (AvgIpc) is 2.58. The number of carbonyl (C=O) groups is 1. The zero-order valence-corrected chi connectivity index (χ0v) is 14.8. The van der Waals surface area contributed by atoms with Gasteiger partial charge in [-0.2, -0.15) is 0 Å². The Balaban J connectivity index is 2.03. The quantitative estimate of drug-likeness (QED) is 0.833. The lowest BCUT2D eigenvalue weighted by molar-refractivity contribution is 0.163. The van der Waals surface area contributed by atoms with Gasteiger partial charge in [0.15, 0.2) is 0 Å². The van der Waals surface area contributed by atoms with Crippen molar-refractivity contribution in [1.29, 1.82) is 0 Å². The van der Waals surface area contributed by atoms with E-state index in [0.717, 1.165) is 16.7 Å². The van der Waals surface area contributed by atoms with E-state index in [0.29, 0.717) is 24.5 Å². The van der Waals surface area contributed by atoms with Crippen LogP contribution in [0.1, 0.15) is 18.9 Å². The second-order valence-corrected chi connectivity index (χ2v) is 6.32. The first-order valence-corrected chi connectivity index (χ1v) is 8.36. The molecule has 0 saturated carbocycles. The number of benzene rings is 2. The molecule has 0 aromatic heterocycles. The van der Waals surface area contributed by atoms with Crippen LogP contribution in [0.15, 0.2) is 48.5 Å². The molecule has 2 N–H and O–H groups in total. The van der Waals surface area contributed by atoms with Crippen molar-refractivity contribution in [3.05, 3.63) is 59.1 Å². The van der Waals surface area contributed by atoms with E-state index >= 15 is 0 Å². The highest BCUT2D eigenvalue weighted by Crippen LogP contribution is 2.25. The fraction of sp³-hybridized carbons (Fsp3) is 0.316. The number of aliphatic hydroxyl groups excluding tert-OH is 1. The number of nitrogens with zero attached hydrogens (tertiary/aromatic N) is 1. The van der Waals surface area contributed by atoms with Gasteiger partial charge < -0.3 is 15.3 Å². The first-order chi connectivity index (χ1) is 11.5. The second-order valence-electron chi connectivity index (χ2n) is 5.88. The highest BCUT2D eigenvalue weighted by molar-refractivity contribution is 6.30. The number of carbonyl (C=O) groups excluding carboxylic acids is 1. The molecule has 2 aromatic carbocycles. The number of hydrogen-bond donors (Lipinski definition) is 2. The van der Waals surface area contributed by atoms with Crippen LogP contribution in [0.2, 0.25) is 5.02 Å². The van der Waals surface area contributed by atoms with Gasteiger partial charge in [-0.1, -0.05) is 48.0 Å². The van der Waals surface area contributed by atoms with Crippen molar-refractivity contribution in [3.8, 4) is 11.1 Å². The number of halogens is 1. The maximum atomic E-state index is 12.1. The van der Waals surface area contributed by atoms with Crippen LogP contribution in [0.4, 0.5) is 4.79 Å². The van der Waals surface area contributed by atoms with Gasteiger partial charge in [-0.25, -0.2) is 4.79 Å². The first kappa shape index (κ1) is 18.3. The van der Waals surface area contributed by atoms with Gasteiger partial charge in [0.2, 0.25) is 0 Å². The summed E-state index contributed by atoms with van der Waals surface area (Å²) in [6.07, 6.45) is 0.150. The number of amides is 2. The van der Waals surface area contributed by atoms with Gasteiger partial charge >= 0.3 is 6.03 Å². The summed E-state index contributed by atoms with van der Waals surface area (Å²) in [6.45, 7) is 2.67. The summed E-state index contributed by atoms with van der Waals surface area (Å²) in [4.78, 5) is 13.7. The third-order valence-electron chi connectivity index (χ3n) is 3.83. The fourth-order valence-electron chi connectivity index (χ4n) is 2.37. The highest BCUT2D eigenvalue weighted by Gasteiger charge is 2.11. The maximum Gasteiger partial charge on any atom is 0.317 e. The molecular weight excluding hydrogens is 324 g/mol. The third kappa shape index (κ3) is 5.25. The van der Waals surface area contributed by atoms with Crippen molar-refractivity contribution in [2.24, 2.45) is 0 Å². The van der Waals surface area contributed by atoms with E-state index in [4.69, 9.17) is 11.6 Å². The standard InChI is InChI=1S/C19H23ClN2O2/c1-14(23)11-12-22(2)19(24)21-13-16-5-3-4-6-18(16)15-7-9-17(20)10-8-15/h3-10,14,23H,11-13H2,1-2H3,(H,21,24). The van der Waals surface area contributed by atoms with Crippen molar-refractivity contribution >= 4 is 17.6 Å². The van der Waals surface area contributed by atoms with Gasteiger partial charge in [0.1, 0.15) is 0 Å². The Kier molecular flexibility index (Phi) is 6.64. The molecule has 2 rings (SSSR count). The lowest BCUT2D eigenvalue weighted by Crippen LogP contribution is -2.38. The zero-order chi connectivity index (χ0) is 17.5. The first-order valence-electron chi connectivity index (χ1n) is 7.98. The molecule has 24 heavy (non-hydrogen) atoms. The Labute approximate surface area is 148 Å². The molecule has 4 nitrogen and oxygen atoms in total. The molecule has 0 aliphatic heterocycles. The molecule has 5 heteroatoms. The Hall–Kier alpha value is -2.04. The predicted molar refractivity (Wildman–Crippen MR) is 98.1 cm³/mol. The Morgan fingerprint density at radius 1 is 1.21 bits per heavy atom. The summed E-state index contributed by atoms with van der Waals surface area (Å²) >= 11 is 5.95. The Morgan fingerprint density at radius 2 is 1.88 bits per heavy atom. The van der Waals surface area contributed by atoms with E-state index in [1.54, 1.807) is 18.9 Å². The largest absolute Gasteiger partial charge is 0.393 e. The minimum Gasteiger partial charge on any atom is -0.393 e. The van der Waals surface area contributed by atoms with Crippen LogP contribution in [-0.2, 0) is 6.54 Å². The van der Waals surface area contributed by atoms with Gasteiger partial charge in [0.05, 0.1) is 6.10 Å².